The number of carbonyl (C=O) groups is 1. The molecule has 1 saturated heterocycles. The van der Waals surface area contributed by atoms with Crippen LogP contribution in [-0.4, -0.2) is 59.2 Å². The van der Waals surface area contributed by atoms with Gasteiger partial charge in [0.2, 0.25) is 5.91 Å². The summed E-state index contributed by atoms with van der Waals surface area (Å²) in [5.41, 5.74) is 1.91. The zero-order valence-electron chi connectivity index (χ0n) is 16.7. The number of fused-ring (bicyclic) bond motifs is 1. The molecule has 2 heterocycles. The molecule has 6 heteroatoms. The number of nitrogens with zero attached hydrogens (tertiary/aromatic N) is 3. The Balaban J connectivity index is 1.67. The van der Waals surface area contributed by atoms with Crippen LogP contribution in [0.3, 0.4) is 0 Å². The smallest absolute Gasteiger partial charge is 0.242 e. The lowest BCUT2D eigenvalue weighted by molar-refractivity contribution is -0.124. The van der Waals surface area contributed by atoms with Gasteiger partial charge in [0.05, 0.1) is 30.6 Å². The third kappa shape index (κ3) is 4.50. The summed E-state index contributed by atoms with van der Waals surface area (Å²) < 4.78 is 7.46. The molecular formula is C21H32N4O2. The molecule has 3 rings (SSSR count). The maximum Gasteiger partial charge on any atom is 0.242 e. The molecule has 1 aliphatic heterocycles. The first-order chi connectivity index (χ1) is 13.2. The van der Waals surface area contributed by atoms with Gasteiger partial charge >= 0.3 is 0 Å². The zero-order valence-corrected chi connectivity index (χ0v) is 16.7. The van der Waals surface area contributed by atoms with E-state index in [9.17, 15) is 4.79 Å². The van der Waals surface area contributed by atoms with Gasteiger partial charge in [0.1, 0.15) is 6.04 Å². The Morgan fingerprint density at radius 2 is 1.93 bits per heavy atom. The molecule has 2 aromatic rings. The quantitative estimate of drug-likeness (QED) is 0.774. The summed E-state index contributed by atoms with van der Waals surface area (Å²) in [6.07, 6.45) is 4.00. The van der Waals surface area contributed by atoms with Crippen molar-refractivity contribution in [2.45, 2.75) is 45.7 Å². The molecule has 1 fully saturated rings. The molecule has 27 heavy (non-hydrogen) atoms. The Kier molecular flexibility index (Phi) is 6.85. The Bertz CT molecular complexity index is 735. The van der Waals surface area contributed by atoms with E-state index in [4.69, 9.17) is 4.74 Å². The predicted octanol–water partition coefficient (Wildman–Crippen LogP) is 2.85. The van der Waals surface area contributed by atoms with E-state index in [1.54, 1.807) is 6.33 Å². The number of rotatable bonds is 8. The number of nitrogens with one attached hydrogen (secondary N) is 1. The minimum Gasteiger partial charge on any atom is -0.379 e. The minimum absolute atomic E-state index is 0.0439. The van der Waals surface area contributed by atoms with E-state index in [0.717, 1.165) is 50.2 Å². The second-order valence-corrected chi connectivity index (χ2v) is 7.35. The Labute approximate surface area is 161 Å². The molecule has 1 amide bonds. The van der Waals surface area contributed by atoms with Crippen molar-refractivity contribution in [2.24, 2.45) is 5.92 Å². The van der Waals surface area contributed by atoms with Crippen molar-refractivity contribution < 1.29 is 9.53 Å². The van der Waals surface area contributed by atoms with Crippen molar-refractivity contribution in [3.8, 4) is 0 Å². The normalized spacial score (nSPS) is 17.9. The molecule has 0 radical (unpaired) electrons. The van der Waals surface area contributed by atoms with Crippen LogP contribution in [0.15, 0.2) is 30.6 Å². The van der Waals surface area contributed by atoms with Crippen LogP contribution < -0.4 is 5.32 Å². The average molecular weight is 373 g/mol. The van der Waals surface area contributed by atoms with Gasteiger partial charge in [-0.05, 0) is 25.0 Å². The lowest BCUT2D eigenvalue weighted by Gasteiger charge is -2.39. The number of hydrogen-bond donors (Lipinski definition) is 1. The molecule has 0 spiro atoms. The number of ether oxygens (including phenoxy) is 1. The monoisotopic (exact) mass is 372 g/mol. The Morgan fingerprint density at radius 3 is 2.63 bits per heavy atom. The van der Waals surface area contributed by atoms with Crippen LogP contribution in [0.2, 0.25) is 0 Å². The van der Waals surface area contributed by atoms with Crippen LogP contribution in [-0.2, 0) is 9.53 Å². The number of imidazole rings is 1. The van der Waals surface area contributed by atoms with Gasteiger partial charge in [-0.2, -0.15) is 0 Å². The third-order valence-corrected chi connectivity index (χ3v) is 5.87. The highest BCUT2D eigenvalue weighted by molar-refractivity contribution is 5.83. The lowest BCUT2D eigenvalue weighted by Crippen LogP contribution is -2.52. The van der Waals surface area contributed by atoms with Crippen molar-refractivity contribution in [3.63, 3.8) is 0 Å². The SMILES string of the molecule is CCC(CC)C(CNC(=O)C(C)n1cnc2ccccc21)N1CCOCC1. The van der Waals surface area contributed by atoms with Gasteiger partial charge in [0.15, 0.2) is 0 Å². The highest BCUT2D eigenvalue weighted by Gasteiger charge is 2.28. The number of para-hydroxylation sites is 2. The fourth-order valence-corrected chi connectivity index (χ4v) is 4.10. The highest BCUT2D eigenvalue weighted by atomic mass is 16.5. The largest absolute Gasteiger partial charge is 0.379 e. The average Bonchev–Trinajstić information content (AvgIpc) is 3.15. The van der Waals surface area contributed by atoms with Crippen LogP contribution in [0.4, 0.5) is 0 Å². The van der Waals surface area contributed by atoms with Gasteiger partial charge < -0.3 is 14.6 Å². The number of amides is 1. The van der Waals surface area contributed by atoms with Gasteiger partial charge in [-0.3, -0.25) is 9.69 Å². The van der Waals surface area contributed by atoms with Crippen LogP contribution in [0.1, 0.15) is 39.7 Å². The van der Waals surface area contributed by atoms with E-state index < -0.39 is 0 Å². The van der Waals surface area contributed by atoms with Gasteiger partial charge in [-0.1, -0.05) is 38.8 Å². The first-order valence-electron chi connectivity index (χ1n) is 10.2. The molecule has 148 valence electrons. The van der Waals surface area contributed by atoms with Gasteiger partial charge in [-0.15, -0.1) is 0 Å². The van der Waals surface area contributed by atoms with Crippen molar-refractivity contribution in [2.75, 3.05) is 32.8 Å². The summed E-state index contributed by atoms with van der Waals surface area (Å²) in [5.74, 6) is 0.621. The predicted molar refractivity (Wildman–Crippen MR) is 108 cm³/mol. The van der Waals surface area contributed by atoms with E-state index >= 15 is 0 Å². The number of carbonyl (C=O) groups excluding carboxylic acids is 1. The topological polar surface area (TPSA) is 59.4 Å². The molecule has 2 atom stereocenters. The van der Waals surface area contributed by atoms with E-state index in [1.807, 2.05) is 35.8 Å². The summed E-state index contributed by atoms with van der Waals surface area (Å²) in [6, 6.07) is 7.99. The van der Waals surface area contributed by atoms with Crippen LogP contribution in [0.25, 0.3) is 11.0 Å². The summed E-state index contributed by atoms with van der Waals surface area (Å²) in [7, 11) is 0. The maximum absolute atomic E-state index is 12.9. The van der Waals surface area contributed by atoms with Crippen molar-refractivity contribution in [1.82, 2.24) is 19.8 Å². The van der Waals surface area contributed by atoms with Crippen LogP contribution in [0.5, 0.6) is 0 Å². The fraction of sp³-hybridized carbons (Fsp3) is 0.619. The summed E-state index contributed by atoms with van der Waals surface area (Å²) in [6.45, 7) is 10.5. The first-order valence-corrected chi connectivity index (χ1v) is 10.2. The molecule has 2 unspecified atom stereocenters. The molecule has 1 aromatic carbocycles. The lowest BCUT2D eigenvalue weighted by atomic mass is 9.92. The van der Waals surface area contributed by atoms with Gasteiger partial charge in [0, 0.05) is 25.7 Å². The molecular weight excluding hydrogens is 340 g/mol. The number of hydrogen-bond acceptors (Lipinski definition) is 4. The Hall–Kier alpha value is -1.92. The van der Waals surface area contributed by atoms with E-state index in [1.165, 1.54) is 0 Å². The molecule has 0 bridgehead atoms. The molecule has 0 saturated carbocycles. The van der Waals surface area contributed by atoms with Gasteiger partial charge in [0.25, 0.3) is 0 Å². The summed E-state index contributed by atoms with van der Waals surface area (Å²) in [5, 5.41) is 3.21. The van der Waals surface area contributed by atoms with Crippen LogP contribution >= 0.6 is 0 Å². The molecule has 1 aromatic heterocycles. The fourth-order valence-electron chi connectivity index (χ4n) is 4.10. The summed E-state index contributed by atoms with van der Waals surface area (Å²) in [4.78, 5) is 19.8. The molecule has 6 nitrogen and oxygen atoms in total. The van der Waals surface area contributed by atoms with E-state index in [0.29, 0.717) is 18.5 Å². The number of benzene rings is 1. The Morgan fingerprint density at radius 1 is 1.22 bits per heavy atom. The highest BCUT2D eigenvalue weighted by Crippen LogP contribution is 2.21. The second-order valence-electron chi connectivity index (χ2n) is 7.35. The second kappa shape index (κ2) is 9.33. The molecule has 0 aliphatic carbocycles. The van der Waals surface area contributed by atoms with Gasteiger partial charge in [-0.25, -0.2) is 4.98 Å². The van der Waals surface area contributed by atoms with Crippen molar-refractivity contribution in [3.05, 3.63) is 30.6 Å². The summed E-state index contributed by atoms with van der Waals surface area (Å²) >= 11 is 0. The third-order valence-electron chi connectivity index (χ3n) is 5.87. The minimum atomic E-state index is -0.288. The number of morpholine rings is 1. The molecule has 1 N–H and O–H groups in total. The van der Waals surface area contributed by atoms with E-state index in [-0.39, 0.29) is 11.9 Å². The van der Waals surface area contributed by atoms with Crippen LogP contribution in [0, 0.1) is 5.92 Å². The van der Waals surface area contributed by atoms with E-state index in [2.05, 4.69) is 29.0 Å². The zero-order chi connectivity index (χ0) is 19.2. The first kappa shape index (κ1) is 19.8. The standard InChI is InChI=1S/C21H32N4O2/c1-4-17(5-2)20(24-10-12-27-13-11-24)14-22-21(26)16(3)25-15-23-18-8-6-7-9-19(18)25/h6-9,15-17,20H,4-5,10-14H2,1-3H3,(H,22,26). The number of aromatic nitrogens is 2. The maximum atomic E-state index is 12.9. The van der Waals surface area contributed by atoms with Crippen molar-refractivity contribution >= 4 is 16.9 Å². The van der Waals surface area contributed by atoms with Crippen molar-refractivity contribution in [1.29, 1.82) is 0 Å². The molecule has 1 aliphatic rings.